The first-order valence-corrected chi connectivity index (χ1v) is 7.27. The van der Waals surface area contributed by atoms with Gasteiger partial charge in [0, 0.05) is 0 Å². The van der Waals surface area contributed by atoms with Gasteiger partial charge in [0.25, 0.3) is 0 Å². The molecule has 3 heteroatoms. The van der Waals surface area contributed by atoms with E-state index in [1.165, 1.54) is 6.07 Å². The molecule has 0 aromatic heterocycles. The molecule has 0 aliphatic heterocycles. The second-order valence-electron chi connectivity index (χ2n) is 4.89. The minimum atomic E-state index is -0.308. The molecule has 0 atom stereocenters. The van der Waals surface area contributed by atoms with Gasteiger partial charge in [0.2, 0.25) is 10.5 Å². The van der Waals surface area contributed by atoms with Crippen LogP contribution in [-0.4, -0.2) is 10.5 Å². The van der Waals surface area contributed by atoms with E-state index >= 15 is 0 Å². The summed E-state index contributed by atoms with van der Waals surface area (Å²) in [5.74, 6) is -0.216. The summed E-state index contributed by atoms with van der Waals surface area (Å²) in [6.45, 7) is 4.20. The van der Waals surface area contributed by atoms with E-state index in [9.17, 15) is 4.39 Å². The number of benzene rings is 2. The van der Waals surface area contributed by atoms with E-state index in [1.807, 2.05) is 30.3 Å². The van der Waals surface area contributed by atoms with Gasteiger partial charge in [-0.1, -0.05) is 50.2 Å². The summed E-state index contributed by atoms with van der Waals surface area (Å²) in [7, 11) is 3.21. The van der Waals surface area contributed by atoms with Crippen LogP contribution in [0.3, 0.4) is 0 Å². The molecule has 20 heavy (non-hydrogen) atoms. The average molecular weight is 285 g/mol. The second kappa shape index (κ2) is 6.33. The van der Waals surface area contributed by atoms with Crippen LogP contribution in [0.25, 0.3) is 11.1 Å². The molecule has 0 aliphatic carbocycles. The lowest BCUT2D eigenvalue weighted by atomic mass is 9.87. The predicted molar refractivity (Wildman–Crippen MR) is 80.9 cm³/mol. The Morgan fingerprint density at radius 1 is 1.00 bits per heavy atom. The van der Waals surface area contributed by atoms with Crippen LogP contribution in [0.5, 0.6) is 0 Å². The maximum absolute atomic E-state index is 13.3. The fraction of sp³-hybridized carbons (Fsp3) is 0.294. The quantitative estimate of drug-likeness (QED) is 0.729. The van der Waals surface area contributed by atoms with Crippen LogP contribution in [0, 0.1) is 5.82 Å². The van der Waals surface area contributed by atoms with E-state index in [1.54, 1.807) is 12.1 Å². The van der Waals surface area contributed by atoms with Gasteiger partial charge in [-0.05, 0) is 41.7 Å². The van der Waals surface area contributed by atoms with Crippen molar-refractivity contribution in [2.45, 2.75) is 32.3 Å². The number of hydrogen-bond donors (Lipinski definition) is 0. The standard InChI is InChI=1S/C17H18FOSi/c1-3-17(4-2,19-20)15-10-8-13(9-11-15)14-6-5-7-16(18)12-14/h5-12H,3-4H2,1-2H3. The zero-order chi connectivity index (χ0) is 14.6. The van der Waals surface area contributed by atoms with Crippen LogP contribution in [-0.2, 0) is 10.0 Å². The van der Waals surface area contributed by atoms with E-state index in [2.05, 4.69) is 24.3 Å². The molecule has 3 radical (unpaired) electrons. The molecule has 0 saturated carbocycles. The van der Waals surface area contributed by atoms with Gasteiger partial charge in [-0.15, -0.1) is 0 Å². The lowest BCUT2D eigenvalue weighted by molar-refractivity contribution is 0.0685. The lowest BCUT2D eigenvalue weighted by Gasteiger charge is -2.31. The predicted octanol–water partition coefficient (Wildman–Crippen LogP) is 4.61. The molecule has 0 fully saturated rings. The van der Waals surface area contributed by atoms with E-state index in [4.69, 9.17) is 4.43 Å². The molecule has 0 aliphatic rings. The van der Waals surface area contributed by atoms with Crippen molar-refractivity contribution in [1.29, 1.82) is 0 Å². The molecule has 0 N–H and O–H groups in total. The highest BCUT2D eigenvalue weighted by molar-refractivity contribution is 5.98. The first-order valence-electron chi connectivity index (χ1n) is 6.86. The van der Waals surface area contributed by atoms with Crippen LogP contribution in [0.1, 0.15) is 32.3 Å². The monoisotopic (exact) mass is 285 g/mol. The number of hydrogen-bond acceptors (Lipinski definition) is 1. The topological polar surface area (TPSA) is 9.23 Å². The van der Waals surface area contributed by atoms with Crippen LogP contribution < -0.4 is 0 Å². The molecule has 1 nitrogen and oxygen atoms in total. The van der Waals surface area contributed by atoms with Gasteiger partial charge in [0.05, 0.1) is 5.60 Å². The van der Waals surface area contributed by atoms with E-state index in [0.29, 0.717) is 0 Å². The Hall–Kier alpha value is -1.45. The number of rotatable bonds is 5. The SMILES string of the molecule is CCC(CC)(O[Si])c1ccc(-c2cccc(F)c2)cc1. The zero-order valence-corrected chi connectivity index (χ0v) is 12.8. The lowest BCUT2D eigenvalue weighted by Crippen LogP contribution is -2.27. The summed E-state index contributed by atoms with van der Waals surface area (Å²) in [4.78, 5) is 0. The van der Waals surface area contributed by atoms with Gasteiger partial charge in [-0.2, -0.15) is 0 Å². The van der Waals surface area contributed by atoms with Crippen molar-refractivity contribution in [3.05, 3.63) is 59.9 Å². The molecule has 0 heterocycles. The Morgan fingerprint density at radius 3 is 2.15 bits per heavy atom. The van der Waals surface area contributed by atoms with Gasteiger partial charge in [0.1, 0.15) is 5.82 Å². The van der Waals surface area contributed by atoms with Crippen molar-refractivity contribution in [2.75, 3.05) is 0 Å². The summed E-state index contributed by atoms with van der Waals surface area (Å²) in [5, 5.41) is 0. The molecule has 0 amide bonds. The molecule has 0 saturated heterocycles. The first-order chi connectivity index (χ1) is 9.65. The molecular weight excluding hydrogens is 267 g/mol. The third-order valence-corrected chi connectivity index (χ3v) is 4.30. The molecule has 2 aromatic rings. The van der Waals surface area contributed by atoms with Crippen molar-refractivity contribution in [3.63, 3.8) is 0 Å². The van der Waals surface area contributed by atoms with Crippen LogP contribution in [0.15, 0.2) is 48.5 Å². The van der Waals surface area contributed by atoms with Crippen LogP contribution >= 0.6 is 0 Å². The Morgan fingerprint density at radius 2 is 1.65 bits per heavy atom. The normalized spacial score (nSPS) is 11.6. The summed E-state index contributed by atoms with van der Waals surface area (Å²) in [6, 6.07) is 14.7. The van der Waals surface area contributed by atoms with Crippen molar-refractivity contribution < 1.29 is 8.82 Å². The Kier molecular flexibility index (Phi) is 4.73. The molecule has 0 bridgehead atoms. The highest BCUT2D eigenvalue weighted by Gasteiger charge is 2.27. The van der Waals surface area contributed by atoms with Gasteiger partial charge in [0.15, 0.2) is 0 Å². The fourth-order valence-electron chi connectivity index (χ4n) is 2.50. The van der Waals surface area contributed by atoms with Gasteiger partial charge in [-0.3, -0.25) is 0 Å². The maximum atomic E-state index is 13.3. The summed E-state index contributed by atoms with van der Waals surface area (Å²) >= 11 is 0. The van der Waals surface area contributed by atoms with Gasteiger partial charge in [-0.25, -0.2) is 4.39 Å². The Bertz CT molecular complexity index is 553. The van der Waals surface area contributed by atoms with E-state index in [-0.39, 0.29) is 11.4 Å². The summed E-state index contributed by atoms with van der Waals surface area (Å²) in [6.07, 6.45) is 1.76. The zero-order valence-electron chi connectivity index (χ0n) is 11.8. The molecular formula is C17H18FOSi. The van der Waals surface area contributed by atoms with Crippen molar-refractivity contribution in [3.8, 4) is 11.1 Å². The van der Waals surface area contributed by atoms with E-state index in [0.717, 1.165) is 29.5 Å². The van der Waals surface area contributed by atoms with E-state index < -0.39 is 0 Å². The van der Waals surface area contributed by atoms with Crippen LogP contribution in [0.4, 0.5) is 4.39 Å². The molecule has 0 spiro atoms. The third-order valence-electron chi connectivity index (χ3n) is 3.91. The van der Waals surface area contributed by atoms with Crippen molar-refractivity contribution in [1.82, 2.24) is 0 Å². The molecule has 0 unspecified atom stereocenters. The number of halogens is 1. The largest absolute Gasteiger partial charge is 0.409 e. The smallest absolute Gasteiger partial charge is 0.247 e. The minimum Gasteiger partial charge on any atom is -0.409 e. The second-order valence-corrected chi connectivity index (χ2v) is 5.10. The fourth-order valence-corrected chi connectivity index (χ4v) is 2.90. The van der Waals surface area contributed by atoms with Crippen molar-refractivity contribution >= 4 is 10.5 Å². The molecule has 2 rings (SSSR count). The highest BCUT2D eigenvalue weighted by Crippen LogP contribution is 2.33. The van der Waals surface area contributed by atoms with Crippen LogP contribution in [0.2, 0.25) is 0 Å². The van der Waals surface area contributed by atoms with Gasteiger partial charge >= 0.3 is 0 Å². The highest BCUT2D eigenvalue weighted by atomic mass is 28.2. The molecule has 2 aromatic carbocycles. The Labute approximate surface area is 123 Å². The maximum Gasteiger partial charge on any atom is 0.247 e. The first kappa shape index (κ1) is 14.9. The average Bonchev–Trinajstić information content (AvgIpc) is 2.50. The summed E-state index contributed by atoms with van der Waals surface area (Å²) in [5.41, 5.74) is 2.70. The third kappa shape index (κ3) is 2.84. The minimum absolute atomic E-state index is 0.216. The Balaban J connectivity index is 2.35. The van der Waals surface area contributed by atoms with Gasteiger partial charge < -0.3 is 4.43 Å². The van der Waals surface area contributed by atoms with Crippen molar-refractivity contribution in [2.24, 2.45) is 0 Å². The summed E-state index contributed by atoms with van der Waals surface area (Å²) < 4.78 is 18.8. The molecule has 103 valence electrons.